The zero-order valence-electron chi connectivity index (χ0n) is 6.93. The van der Waals surface area contributed by atoms with Crippen LogP contribution in [0.25, 0.3) is 0 Å². The number of rotatable bonds is 2. The quantitative estimate of drug-likeness (QED) is 0.427. The number of hydrogen-bond donors (Lipinski definition) is 2. The predicted octanol–water partition coefficient (Wildman–Crippen LogP) is 0.907. The van der Waals surface area contributed by atoms with E-state index in [1.807, 2.05) is 0 Å². The van der Waals surface area contributed by atoms with Gasteiger partial charge < -0.3 is 0 Å². The van der Waals surface area contributed by atoms with Crippen LogP contribution in [0, 0.1) is 5.82 Å². The molecule has 0 aromatic heterocycles. The molecule has 6 heteroatoms. The molecule has 14 heavy (non-hydrogen) atoms. The summed E-state index contributed by atoms with van der Waals surface area (Å²) < 4.78 is 38.5. The normalized spacial score (nSPS) is 11.1. The molecule has 0 fully saturated rings. The van der Waals surface area contributed by atoms with Crippen LogP contribution in [0.4, 0.5) is 13.2 Å². The number of hydrogen-bond acceptors (Lipinski definition) is 2. The topological polar surface area (TPSA) is 55.1 Å². The van der Waals surface area contributed by atoms with Gasteiger partial charge in [-0.3, -0.25) is 10.2 Å². The van der Waals surface area contributed by atoms with Crippen molar-refractivity contribution in [3.8, 4) is 0 Å². The molecule has 0 radical (unpaired) electrons. The van der Waals surface area contributed by atoms with Crippen molar-refractivity contribution in [2.45, 2.75) is 5.92 Å². The Balaban J connectivity index is 3.03. The van der Waals surface area contributed by atoms with E-state index in [2.05, 4.69) is 5.84 Å². The average Bonchev–Trinajstić information content (AvgIpc) is 2.17. The van der Waals surface area contributed by atoms with E-state index in [-0.39, 0.29) is 0 Å². The zero-order valence-corrected chi connectivity index (χ0v) is 6.93. The Morgan fingerprint density at radius 3 is 2.21 bits per heavy atom. The Hall–Kier alpha value is -1.56. The summed E-state index contributed by atoms with van der Waals surface area (Å²) in [5.41, 5.74) is 0.726. The molecular formula is C8H7F3N2O. The third-order valence-corrected chi connectivity index (χ3v) is 1.62. The van der Waals surface area contributed by atoms with Crippen molar-refractivity contribution in [1.82, 2.24) is 5.43 Å². The monoisotopic (exact) mass is 204 g/mol. The fraction of sp³-hybridized carbons (Fsp3) is 0.125. The number of hydrazine groups is 1. The molecule has 1 rings (SSSR count). The minimum atomic E-state index is -3.75. The highest BCUT2D eigenvalue weighted by Gasteiger charge is 2.40. The maximum absolute atomic E-state index is 13.1. The maximum atomic E-state index is 13.1. The first kappa shape index (κ1) is 10.5. The Bertz CT molecular complexity index is 337. The largest absolute Gasteiger partial charge is 0.351 e. The van der Waals surface area contributed by atoms with Crippen molar-refractivity contribution >= 4 is 5.91 Å². The number of halogens is 3. The minimum absolute atomic E-state index is 0.609. The van der Waals surface area contributed by atoms with Crippen LogP contribution in [-0.4, -0.2) is 5.91 Å². The lowest BCUT2D eigenvalue weighted by molar-refractivity contribution is -0.147. The van der Waals surface area contributed by atoms with Gasteiger partial charge >= 0.3 is 11.8 Å². The van der Waals surface area contributed by atoms with Crippen LogP contribution in [0.3, 0.4) is 0 Å². The van der Waals surface area contributed by atoms with Gasteiger partial charge in [-0.15, -0.1) is 0 Å². The molecule has 76 valence electrons. The van der Waals surface area contributed by atoms with Gasteiger partial charge in [-0.1, -0.05) is 0 Å². The molecule has 0 aliphatic heterocycles. The Labute approximate surface area is 77.7 Å². The fourth-order valence-corrected chi connectivity index (χ4v) is 0.881. The standard InChI is InChI=1S/C8H7F3N2O/c9-6-3-1-5(2-4-6)8(10,11)7(14)13-12/h1-4H,12H2,(H,13,14). The van der Waals surface area contributed by atoms with Gasteiger partial charge in [0.15, 0.2) is 0 Å². The first-order valence-corrected chi connectivity index (χ1v) is 3.63. The fourth-order valence-electron chi connectivity index (χ4n) is 0.881. The highest BCUT2D eigenvalue weighted by atomic mass is 19.3. The van der Waals surface area contributed by atoms with Crippen molar-refractivity contribution in [1.29, 1.82) is 0 Å². The van der Waals surface area contributed by atoms with Gasteiger partial charge in [0.25, 0.3) is 0 Å². The summed E-state index contributed by atoms with van der Waals surface area (Å²) in [5.74, 6) is -1.47. The van der Waals surface area contributed by atoms with Crippen LogP contribution < -0.4 is 11.3 Å². The second-order valence-electron chi connectivity index (χ2n) is 2.55. The van der Waals surface area contributed by atoms with E-state index in [9.17, 15) is 18.0 Å². The number of alkyl halides is 2. The maximum Gasteiger partial charge on any atom is 0.351 e. The third kappa shape index (κ3) is 1.85. The van der Waals surface area contributed by atoms with Crippen molar-refractivity contribution in [2.24, 2.45) is 5.84 Å². The lowest BCUT2D eigenvalue weighted by Crippen LogP contribution is -2.41. The molecule has 3 nitrogen and oxygen atoms in total. The van der Waals surface area contributed by atoms with Gasteiger partial charge in [-0.25, -0.2) is 10.2 Å². The minimum Gasteiger partial charge on any atom is -0.289 e. The number of nitrogens with two attached hydrogens (primary N) is 1. The number of benzene rings is 1. The summed E-state index contributed by atoms with van der Waals surface area (Å²) in [6.45, 7) is 0. The smallest absolute Gasteiger partial charge is 0.289 e. The summed E-state index contributed by atoms with van der Waals surface area (Å²) in [6.07, 6.45) is 0. The van der Waals surface area contributed by atoms with E-state index in [1.165, 1.54) is 5.43 Å². The van der Waals surface area contributed by atoms with Crippen LogP contribution in [0.1, 0.15) is 5.56 Å². The zero-order chi connectivity index (χ0) is 10.8. The van der Waals surface area contributed by atoms with Gasteiger partial charge in [0.1, 0.15) is 5.82 Å². The average molecular weight is 204 g/mol. The number of carbonyl (C=O) groups is 1. The molecule has 0 unspecified atom stereocenters. The molecule has 0 atom stereocenters. The molecule has 1 aromatic rings. The Morgan fingerprint density at radius 2 is 1.79 bits per heavy atom. The second-order valence-corrected chi connectivity index (χ2v) is 2.55. The number of amides is 1. The first-order valence-electron chi connectivity index (χ1n) is 3.63. The predicted molar refractivity (Wildman–Crippen MR) is 42.6 cm³/mol. The van der Waals surface area contributed by atoms with E-state index in [0.29, 0.717) is 0 Å². The number of carbonyl (C=O) groups excluding carboxylic acids is 1. The van der Waals surface area contributed by atoms with Gasteiger partial charge in [0, 0.05) is 5.56 Å². The van der Waals surface area contributed by atoms with Gasteiger partial charge in [0.2, 0.25) is 0 Å². The summed E-state index contributed by atoms with van der Waals surface area (Å²) >= 11 is 0. The molecular weight excluding hydrogens is 197 g/mol. The van der Waals surface area contributed by atoms with E-state index >= 15 is 0 Å². The highest BCUT2D eigenvalue weighted by molar-refractivity contribution is 5.84. The van der Waals surface area contributed by atoms with E-state index in [1.54, 1.807) is 0 Å². The lowest BCUT2D eigenvalue weighted by Gasteiger charge is -2.13. The lowest BCUT2D eigenvalue weighted by atomic mass is 10.1. The molecule has 3 N–H and O–H groups in total. The van der Waals surface area contributed by atoms with Crippen LogP contribution in [-0.2, 0) is 10.7 Å². The molecule has 0 saturated heterocycles. The van der Waals surface area contributed by atoms with Crippen molar-refractivity contribution < 1.29 is 18.0 Å². The molecule has 0 heterocycles. The molecule has 1 aromatic carbocycles. The van der Waals surface area contributed by atoms with Gasteiger partial charge in [0.05, 0.1) is 0 Å². The van der Waals surface area contributed by atoms with Crippen LogP contribution in [0.15, 0.2) is 24.3 Å². The molecule has 0 aliphatic rings. The van der Waals surface area contributed by atoms with Crippen molar-refractivity contribution in [2.75, 3.05) is 0 Å². The summed E-state index contributed by atoms with van der Waals surface area (Å²) in [5, 5.41) is 0. The molecule has 1 amide bonds. The van der Waals surface area contributed by atoms with E-state index in [4.69, 9.17) is 0 Å². The molecule has 0 spiro atoms. The van der Waals surface area contributed by atoms with Crippen molar-refractivity contribution in [3.63, 3.8) is 0 Å². The van der Waals surface area contributed by atoms with Crippen LogP contribution >= 0.6 is 0 Å². The molecule has 0 aliphatic carbocycles. The SMILES string of the molecule is NNC(=O)C(F)(F)c1ccc(F)cc1. The number of nitrogens with one attached hydrogen (secondary N) is 1. The first-order chi connectivity index (χ1) is 6.48. The van der Waals surface area contributed by atoms with Crippen LogP contribution in [0.5, 0.6) is 0 Å². The van der Waals surface area contributed by atoms with Gasteiger partial charge in [-0.05, 0) is 24.3 Å². The second kappa shape index (κ2) is 3.67. The summed E-state index contributed by atoms with van der Waals surface area (Å²) in [6, 6.07) is 3.33. The van der Waals surface area contributed by atoms with E-state index in [0.717, 1.165) is 24.3 Å². The highest BCUT2D eigenvalue weighted by Crippen LogP contribution is 2.27. The Kier molecular flexibility index (Phi) is 2.76. The molecule has 0 bridgehead atoms. The van der Waals surface area contributed by atoms with Crippen molar-refractivity contribution in [3.05, 3.63) is 35.6 Å². The third-order valence-electron chi connectivity index (χ3n) is 1.62. The summed E-state index contributed by atoms with van der Waals surface area (Å²) in [4.78, 5) is 10.6. The Morgan fingerprint density at radius 1 is 1.29 bits per heavy atom. The van der Waals surface area contributed by atoms with Gasteiger partial charge in [-0.2, -0.15) is 8.78 Å². The summed E-state index contributed by atoms with van der Waals surface area (Å²) in [7, 11) is 0. The van der Waals surface area contributed by atoms with Crippen LogP contribution in [0.2, 0.25) is 0 Å². The van der Waals surface area contributed by atoms with E-state index < -0.39 is 23.2 Å². The molecule has 0 saturated carbocycles.